The third-order valence-corrected chi connectivity index (χ3v) is 6.06. The minimum Gasteiger partial charge on any atom is -0.494 e. The summed E-state index contributed by atoms with van der Waals surface area (Å²) < 4.78 is 46.8. The first-order chi connectivity index (χ1) is 18.2. The highest BCUT2D eigenvalue weighted by atomic mass is 19.4. The van der Waals surface area contributed by atoms with Gasteiger partial charge in [0.05, 0.1) is 6.61 Å². The zero-order valence-electron chi connectivity index (χ0n) is 20.4. The van der Waals surface area contributed by atoms with Crippen LogP contribution in [0.2, 0.25) is 0 Å². The SMILES string of the molecule is O=C(O)CCCOc1ccc(CN(C(=O)Nc2ccc(OC(F)(F)F)cc2)C2CC2c2ccccc2)cc1. The van der Waals surface area contributed by atoms with E-state index < -0.39 is 12.3 Å². The quantitative estimate of drug-likeness (QED) is 0.281. The lowest BCUT2D eigenvalue weighted by atomic mass is 10.1. The number of carboxylic acid groups (broad SMARTS) is 1. The predicted octanol–water partition coefficient (Wildman–Crippen LogP) is 6.42. The van der Waals surface area contributed by atoms with Gasteiger partial charge in [-0.2, -0.15) is 0 Å². The summed E-state index contributed by atoms with van der Waals surface area (Å²) in [6.45, 7) is 0.599. The molecule has 0 spiro atoms. The summed E-state index contributed by atoms with van der Waals surface area (Å²) >= 11 is 0. The normalized spacial score (nSPS) is 16.4. The molecule has 0 radical (unpaired) electrons. The Labute approximate surface area is 217 Å². The van der Waals surface area contributed by atoms with E-state index in [4.69, 9.17) is 9.84 Å². The molecule has 1 aliphatic carbocycles. The van der Waals surface area contributed by atoms with E-state index in [-0.39, 0.29) is 36.8 Å². The Balaban J connectivity index is 1.43. The van der Waals surface area contributed by atoms with Gasteiger partial charge in [-0.3, -0.25) is 4.79 Å². The number of carbonyl (C=O) groups is 2. The van der Waals surface area contributed by atoms with E-state index in [2.05, 4.69) is 10.1 Å². The molecular weight excluding hydrogens is 501 g/mol. The van der Waals surface area contributed by atoms with E-state index in [0.717, 1.165) is 29.7 Å². The van der Waals surface area contributed by atoms with Crippen molar-refractivity contribution in [3.63, 3.8) is 0 Å². The molecule has 2 unspecified atom stereocenters. The number of amides is 2. The topological polar surface area (TPSA) is 88.1 Å². The first-order valence-electron chi connectivity index (χ1n) is 12.1. The molecule has 2 atom stereocenters. The number of hydrogen-bond acceptors (Lipinski definition) is 4. The molecule has 10 heteroatoms. The number of alkyl halides is 3. The number of aliphatic carboxylic acids is 1. The fraction of sp³-hybridized carbons (Fsp3) is 0.286. The van der Waals surface area contributed by atoms with Gasteiger partial charge in [0, 0.05) is 30.6 Å². The van der Waals surface area contributed by atoms with Crippen LogP contribution < -0.4 is 14.8 Å². The zero-order valence-corrected chi connectivity index (χ0v) is 20.4. The number of halogens is 3. The maximum Gasteiger partial charge on any atom is 0.573 e. The number of hydrogen-bond donors (Lipinski definition) is 2. The second-order valence-electron chi connectivity index (χ2n) is 8.94. The Morgan fingerprint density at radius 1 is 0.947 bits per heavy atom. The molecule has 0 saturated heterocycles. The lowest BCUT2D eigenvalue weighted by molar-refractivity contribution is -0.274. The number of nitrogens with zero attached hydrogens (tertiary/aromatic N) is 1. The molecule has 2 amide bonds. The van der Waals surface area contributed by atoms with Gasteiger partial charge in [0.25, 0.3) is 0 Å². The standard InChI is InChI=1S/C28H27F3N2O5/c29-28(30,31)38-23-14-10-21(11-15-23)32-27(36)33(25-17-24(25)20-5-2-1-3-6-20)18-19-8-12-22(13-9-19)37-16-4-7-26(34)35/h1-3,5-6,8-15,24-25H,4,7,16-18H2,(H,32,36)(H,34,35). The Hall–Kier alpha value is -4.21. The molecule has 2 N–H and O–H groups in total. The number of carboxylic acids is 1. The monoisotopic (exact) mass is 528 g/mol. The highest BCUT2D eigenvalue weighted by Gasteiger charge is 2.44. The minimum absolute atomic E-state index is 0.0319. The van der Waals surface area contributed by atoms with E-state index in [1.54, 1.807) is 17.0 Å². The highest BCUT2D eigenvalue weighted by Crippen LogP contribution is 2.45. The van der Waals surface area contributed by atoms with Crippen LogP contribution in [-0.4, -0.2) is 41.0 Å². The van der Waals surface area contributed by atoms with Gasteiger partial charge in [-0.25, -0.2) is 4.79 Å². The third-order valence-electron chi connectivity index (χ3n) is 6.06. The van der Waals surface area contributed by atoms with Gasteiger partial charge in [-0.1, -0.05) is 42.5 Å². The van der Waals surface area contributed by atoms with E-state index in [9.17, 15) is 22.8 Å². The summed E-state index contributed by atoms with van der Waals surface area (Å²) in [4.78, 5) is 25.7. The molecule has 3 aromatic rings. The summed E-state index contributed by atoms with van der Waals surface area (Å²) in [7, 11) is 0. The summed E-state index contributed by atoms with van der Waals surface area (Å²) in [5.41, 5.74) is 2.34. The molecule has 38 heavy (non-hydrogen) atoms. The van der Waals surface area contributed by atoms with Gasteiger partial charge in [0.2, 0.25) is 0 Å². The summed E-state index contributed by atoms with van der Waals surface area (Å²) in [6.07, 6.45) is -3.57. The Kier molecular flexibility index (Phi) is 8.40. The van der Waals surface area contributed by atoms with Gasteiger partial charge in [0.15, 0.2) is 0 Å². The van der Waals surface area contributed by atoms with Crippen LogP contribution in [-0.2, 0) is 11.3 Å². The fourth-order valence-corrected chi connectivity index (χ4v) is 4.16. The van der Waals surface area contributed by atoms with E-state index >= 15 is 0 Å². The predicted molar refractivity (Wildman–Crippen MR) is 134 cm³/mol. The third kappa shape index (κ3) is 7.89. The molecule has 1 saturated carbocycles. The van der Waals surface area contributed by atoms with Crippen LogP contribution in [0.1, 0.15) is 36.3 Å². The number of urea groups is 1. The smallest absolute Gasteiger partial charge is 0.494 e. The number of ether oxygens (including phenoxy) is 2. The van der Waals surface area contributed by atoms with Gasteiger partial charge < -0.3 is 24.8 Å². The molecule has 0 bridgehead atoms. The Morgan fingerprint density at radius 2 is 1.61 bits per heavy atom. The molecule has 200 valence electrons. The number of benzene rings is 3. The maximum atomic E-state index is 13.3. The van der Waals surface area contributed by atoms with E-state index in [1.165, 1.54) is 12.1 Å². The summed E-state index contributed by atoms with van der Waals surface area (Å²) in [5, 5.41) is 11.5. The van der Waals surface area contributed by atoms with Crippen LogP contribution in [0.15, 0.2) is 78.9 Å². The molecule has 7 nitrogen and oxygen atoms in total. The van der Waals surface area contributed by atoms with Crippen molar-refractivity contribution in [3.05, 3.63) is 90.0 Å². The van der Waals surface area contributed by atoms with Crippen molar-refractivity contribution in [2.45, 2.75) is 44.1 Å². The van der Waals surface area contributed by atoms with E-state index in [1.807, 2.05) is 42.5 Å². The van der Waals surface area contributed by atoms with Gasteiger partial charge in [-0.15, -0.1) is 13.2 Å². The molecule has 1 fully saturated rings. The fourth-order valence-electron chi connectivity index (χ4n) is 4.16. The lowest BCUT2D eigenvalue weighted by Gasteiger charge is -2.24. The van der Waals surface area contributed by atoms with Crippen molar-refractivity contribution in [3.8, 4) is 11.5 Å². The van der Waals surface area contributed by atoms with Crippen molar-refractivity contribution in [2.75, 3.05) is 11.9 Å². The average molecular weight is 529 g/mol. The molecule has 0 aromatic heterocycles. The molecule has 1 aliphatic rings. The number of anilines is 1. The number of rotatable bonds is 11. The zero-order chi connectivity index (χ0) is 27.1. The van der Waals surface area contributed by atoms with Crippen molar-refractivity contribution < 1.29 is 37.3 Å². The van der Waals surface area contributed by atoms with Crippen LogP contribution >= 0.6 is 0 Å². The van der Waals surface area contributed by atoms with Crippen LogP contribution in [0.4, 0.5) is 23.7 Å². The highest BCUT2D eigenvalue weighted by molar-refractivity contribution is 5.90. The van der Waals surface area contributed by atoms with Crippen LogP contribution in [0.5, 0.6) is 11.5 Å². The Bertz CT molecular complexity index is 1220. The second-order valence-corrected chi connectivity index (χ2v) is 8.94. The van der Waals surface area contributed by atoms with Crippen molar-refractivity contribution in [1.82, 2.24) is 4.90 Å². The van der Waals surface area contributed by atoms with E-state index in [0.29, 0.717) is 24.4 Å². The second kappa shape index (κ2) is 11.9. The number of nitrogens with one attached hydrogen (secondary N) is 1. The van der Waals surface area contributed by atoms with Crippen LogP contribution in [0.3, 0.4) is 0 Å². The molecule has 3 aromatic carbocycles. The summed E-state index contributed by atoms with van der Waals surface area (Å²) in [5.74, 6) is -0.461. The number of carbonyl (C=O) groups excluding carboxylic acids is 1. The van der Waals surface area contributed by atoms with Gasteiger partial charge in [0.1, 0.15) is 11.5 Å². The van der Waals surface area contributed by atoms with Crippen LogP contribution in [0.25, 0.3) is 0 Å². The van der Waals surface area contributed by atoms with Crippen molar-refractivity contribution >= 4 is 17.7 Å². The minimum atomic E-state index is -4.79. The van der Waals surface area contributed by atoms with Crippen LogP contribution in [0, 0.1) is 0 Å². The largest absolute Gasteiger partial charge is 0.573 e. The molecule has 0 heterocycles. The molecular formula is C28H27F3N2O5. The van der Waals surface area contributed by atoms with Gasteiger partial charge in [-0.05, 0) is 60.4 Å². The average Bonchev–Trinajstić information content (AvgIpc) is 3.67. The van der Waals surface area contributed by atoms with Crippen molar-refractivity contribution in [1.29, 1.82) is 0 Å². The van der Waals surface area contributed by atoms with Gasteiger partial charge >= 0.3 is 18.4 Å². The summed E-state index contributed by atoms with van der Waals surface area (Å²) in [6, 6.07) is 21.7. The first kappa shape index (κ1) is 26.8. The molecule has 4 rings (SSSR count). The maximum absolute atomic E-state index is 13.3. The lowest BCUT2D eigenvalue weighted by Crippen LogP contribution is -2.37. The molecule has 0 aliphatic heterocycles. The van der Waals surface area contributed by atoms with Crippen molar-refractivity contribution in [2.24, 2.45) is 0 Å². The first-order valence-corrected chi connectivity index (χ1v) is 12.1. The Morgan fingerprint density at radius 3 is 2.24 bits per heavy atom.